The van der Waals surface area contributed by atoms with E-state index in [1.165, 1.54) is 50.8 Å². The summed E-state index contributed by atoms with van der Waals surface area (Å²) in [4.78, 5) is 28.7. The third kappa shape index (κ3) is 5.80. The van der Waals surface area contributed by atoms with Gasteiger partial charge in [0.1, 0.15) is 11.4 Å². The Balaban J connectivity index is 1.38. The molecule has 1 aliphatic heterocycles. The quantitative estimate of drug-likeness (QED) is 0.451. The van der Waals surface area contributed by atoms with Crippen LogP contribution in [-0.2, 0) is 0 Å². The van der Waals surface area contributed by atoms with E-state index in [2.05, 4.69) is 23.6 Å². The molecule has 1 saturated carbocycles. The van der Waals surface area contributed by atoms with Gasteiger partial charge in [0.25, 0.3) is 0 Å². The number of halogens is 1. The number of benzene rings is 1. The minimum absolute atomic E-state index is 0.153. The van der Waals surface area contributed by atoms with Crippen molar-refractivity contribution in [3.05, 3.63) is 39.9 Å². The van der Waals surface area contributed by atoms with Crippen LogP contribution in [0.4, 0.5) is 10.1 Å². The van der Waals surface area contributed by atoms with Crippen molar-refractivity contribution in [1.82, 2.24) is 9.47 Å². The molecule has 1 aliphatic carbocycles. The zero-order valence-corrected chi connectivity index (χ0v) is 20.6. The number of aromatic nitrogens is 1. The molecule has 2 aliphatic rings. The van der Waals surface area contributed by atoms with Crippen LogP contribution in [0.15, 0.2) is 23.1 Å². The minimum Gasteiger partial charge on any atom is -0.477 e. The van der Waals surface area contributed by atoms with Gasteiger partial charge in [-0.1, -0.05) is 46.0 Å². The van der Waals surface area contributed by atoms with Crippen LogP contribution < -0.4 is 10.3 Å². The van der Waals surface area contributed by atoms with Crippen molar-refractivity contribution in [1.29, 1.82) is 0 Å². The Morgan fingerprint density at radius 3 is 2.38 bits per heavy atom. The zero-order chi connectivity index (χ0) is 24.2. The van der Waals surface area contributed by atoms with Gasteiger partial charge in [-0.15, -0.1) is 0 Å². The highest BCUT2D eigenvalue weighted by atomic mass is 19.1. The highest BCUT2D eigenvalue weighted by molar-refractivity contribution is 5.93. The van der Waals surface area contributed by atoms with Gasteiger partial charge in [0.05, 0.1) is 11.2 Å². The Bertz CT molecular complexity index is 1070. The molecule has 1 saturated heterocycles. The lowest BCUT2D eigenvalue weighted by Gasteiger charge is -2.36. The van der Waals surface area contributed by atoms with E-state index in [9.17, 15) is 14.7 Å². The van der Waals surface area contributed by atoms with Gasteiger partial charge in [-0.3, -0.25) is 9.69 Å². The second kappa shape index (κ2) is 10.9. The number of rotatable bonds is 11. The maximum absolute atomic E-state index is 15.1. The second-order valence-corrected chi connectivity index (χ2v) is 10.4. The molecule has 0 radical (unpaired) electrons. The van der Waals surface area contributed by atoms with E-state index in [1.807, 2.05) is 4.57 Å². The number of unbranched alkanes of at least 4 members (excludes halogenated alkanes) is 4. The molecule has 34 heavy (non-hydrogen) atoms. The fourth-order valence-corrected chi connectivity index (χ4v) is 5.04. The molecule has 186 valence electrons. The topological polar surface area (TPSA) is 65.8 Å². The molecule has 2 aromatic rings. The summed E-state index contributed by atoms with van der Waals surface area (Å²) in [5, 5.41) is 9.57. The molecule has 2 fully saturated rings. The van der Waals surface area contributed by atoms with Crippen molar-refractivity contribution < 1.29 is 14.3 Å². The second-order valence-electron chi connectivity index (χ2n) is 10.4. The summed E-state index contributed by atoms with van der Waals surface area (Å²) < 4.78 is 17.0. The number of pyridine rings is 1. The number of hydrogen-bond acceptors (Lipinski definition) is 4. The lowest BCUT2D eigenvalue weighted by molar-refractivity contribution is 0.0695. The van der Waals surface area contributed by atoms with E-state index in [4.69, 9.17) is 0 Å². The number of hydrogen-bond donors (Lipinski definition) is 1. The molecular formula is C27H38FN3O3. The summed E-state index contributed by atoms with van der Waals surface area (Å²) >= 11 is 0. The minimum atomic E-state index is -1.27. The Hall–Kier alpha value is -2.41. The summed E-state index contributed by atoms with van der Waals surface area (Å²) in [6.07, 6.45) is 11.1. The number of nitrogens with zero attached hydrogens (tertiary/aromatic N) is 3. The Labute approximate surface area is 201 Å². The fourth-order valence-electron chi connectivity index (χ4n) is 5.04. The standard InChI is InChI=1S/C27H38FN3O3/c1-19(2)8-6-4-3-5-7-11-29-12-14-30(15-13-29)25-17-24-21(16-23(25)28)26(32)22(27(33)34)18-31(24)20-9-10-20/h16-20H,3-15H2,1-2H3,(H,33,34). The van der Waals surface area contributed by atoms with Crippen molar-refractivity contribution in [3.63, 3.8) is 0 Å². The highest BCUT2D eigenvalue weighted by Crippen LogP contribution is 2.38. The number of carbonyl (C=O) groups is 1. The molecule has 4 rings (SSSR count). The number of aromatic carboxylic acids is 1. The predicted octanol–water partition coefficient (Wildman–Crippen LogP) is 5.29. The van der Waals surface area contributed by atoms with Crippen LogP contribution in [0.3, 0.4) is 0 Å². The van der Waals surface area contributed by atoms with Crippen LogP contribution in [0.1, 0.15) is 81.6 Å². The van der Waals surface area contributed by atoms with Gasteiger partial charge < -0.3 is 14.6 Å². The van der Waals surface area contributed by atoms with Gasteiger partial charge >= 0.3 is 5.97 Å². The van der Waals surface area contributed by atoms with E-state index < -0.39 is 17.2 Å². The van der Waals surface area contributed by atoms with Crippen molar-refractivity contribution in [2.24, 2.45) is 5.92 Å². The number of carboxylic acids is 1. The predicted molar refractivity (Wildman–Crippen MR) is 135 cm³/mol. The molecule has 0 bridgehead atoms. The first-order chi connectivity index (χ1) is 16.3. The van der Waals surface area contributed by atoms with Gasteiger partial charge in [-0.05, 0) is 43.9 Å². The van der Waals surface area contributed by atoms with Gasteiger partial charge in [-0.25, -0.2) is 9.18 Å². The lowest BCUT2D eigenvalue weighted by Crippen LogP contribution is -2.47. The van der Waals surface area contributed by atoms with Crippen LogP contribution in [0.25, 0.3) is 10.9 Å². The molecule has 0 unspecified atom stereocenters. The van der Waals surface area contributed by atoms with Crippen molar-refractivity contribution in [2.45, 2.75) is 71.3 Å². The first-order valence-corrected chi connectivity index (χ1v) is 12.9. The number of carboxylic acid groups (broad SMARTS) is 1. The number of anilines is 1. The molecule has 1 aromatic carbocycles. The third-order valence-electron chi connectivity index (χ3n) is 7.24. The summed E-state index contributed by atoms with van der Waals surface area (Å²) in [6, 6.07) is 3.18. The number of piperazine rings is 1. The first-order valence-electron chi connectivity index (χ1n) is 12.9. The lowest BCUT2D eigenvalue weighted by atomic mass is 10.0. The van der Waals surface area contributed by atoms with Gasteiger partial charge in [0.15, 0.2) is 0 Å². The summed E-state index contributed by atoms with van der Waals surface area (Å²) in [5.74, 6) is -0.922. The van der Waals surface area contributed by atoms with Crippen LogP contribution in [-0.4, -0.2) is 53.3 Å². The average Bonchev–Trinajstić information content (AvgIpc) is 3.64. The highest BCUT2D eigenvalue weighted by Gasteiger charge is 2.28. The van der Waals surface area contributed by atoms with Crippen molar-refractivity contribution in [2.75, 3.05) is 37.6 Å². The Kier molecular flexibility index (Phi) is 7.91. The van der Waals surface area contributed by atoms with E-state index in [0.29, 0.717) is 11.2 Å². The molecule has 0 atom stereocenters. The SMILES string of the molecule is CC(C)CCCCCCCN1CCN(c2cc3c(cc2F)c(=O)c(C(=O)O)cn3C2CC2)CC1. The summed E-state index contributed by atoms with van der Waals surface area (Å²) in [5.41, 5.74) is 0.238. The molecule has 0 amide bonds. The Morgan fingerprint density at radius 2 is 1.74 bits per heavy atom. The number of fused-ring (bicyclic) bond motifs is 1. The average molecular weight is 472 g/mol. The monoisotopic (exact) mass is 471 g/mol. The maximum Gasteiger partial charge on any atom is 0.341 e. The molecule has 0 spiro atoms. The van der Waals surface area contributed by atoms with Crippen LogP contribution >= 0.6 is 0 Å². The van der Waals surface area contributed by atoms with Crippen molar-refractivity contribution >= 4 is 22.6 Å². The Morgan fingerprint density at radius 1 is 1.06 bits per heavy atom. The summed E-state index contributed by atoms with van der Waals surface area (Å²) in [7, 11) is 0. The molecule has 1 N–H and O–H groups in total. The van der Waals surface area contributed by atoms with Crippen LogP contribution in [0.2, 0.25) is 0 Å². The maximum atomic E-state index is 15.1. The zero-order valence-electron chi connectivity index (χ0n) is 20.6. The van der Waals surface area contributed by atoms with Crippen LogP contribution in [0.5, 0.6) is 0 Å². The summed E-state index contributed by atoms with van der Waals surface area (Å²) in [6.45, 7) is 8.96. The largest absolute Gasteiger partial charge is 0.477 e. The fraction of sp³-hybridized carbons (Fsp3) is 0.630. The van der Waals surface area contributed by atoms with E-state index >= 15 is 4.39 Å². The van der Waals surface area contributed by atoms with Crippen molar-refractivity contribution in [3.8, 4) is 0 Å². The molecular weight excluding hydrogens is 433 g/mol. The molecule has 7 heteroatoms. The van der Waals surface area contributed by atoms with Gasteiger partial charge in [-0.2, -0.15) is 0 Å². The van der Waals surface area contributed by atoms with E-state index in [1.54, 1.807) is 6.07 Å². The van der Waals surface area contributed by atoms with Gasteiger partial charge in [0.2, 0.25) is 5.43 Å². The smallest absolute Gasteiger partial charge is 0.341 e. The van der Waals surface area contributed by atoms with Gasteiger partial charge in [0, 0.05) is 43.8 Å². The molecule has 2 heterocycles. The third-order valence-corrected chi connectivity index (χ3v) is 7.24. The molecule has 1 aromatic heterocycles. The first kappa shape index (κ1) is 24.7. The van der Waals surface area contributed by atoms with Crippen LogP contribution in [0, 0.1) is 11.7 Å². The van der Waals surface area contributed by atoms with E-state index in [0.717, 1.165) is 51.5 Å². The van der Waals surface area contributed by atoms with E-state index in [-0.39, 0.29) is 17.0 Å². The molecule has 6 nitrogen and oxygen atoms in total. The normalized spacial score (nSPS) is 17.1.